The van der Waals surface area contributed by atoms with E-state index < -0.39 is 10.0 Å². The predicted octanol–water partition coefficient (Wildman–Crippen LogP) is 0.322. The minimum atomic E-state index is -3.21. The van der Waals surface area contributed by atoms with Crippen molar-refractivity contribution in [2.75, 3.05) is 18.2 Å². The highest BCUT2D eigenvalue weighted by Gasteiger charge is 2.27. The molecule has 0 aromatic rings. The zero-order chi connectivity index (χ0) is 9.90. The normalized spacial score (nSPS) is 29.4. The van der Waals surface area contributed by atoms with Gasteiger partial charge in [-0.25, -0.2) is 13.1 Å². The number of rotatable bonds is 4. The Morgan fingerprint density at radius 2 is 2.31 bits per heavy atom. The molecular formula is C7H14ClNO3S. The fourth-order valence-corrected chi connectivity index (χ4v) is 2.98. The van der Waals surface area contributed by atoms with Gasteiger partial charge >= 0.3 is 0 Å². The lowest BCUT2D eigenvalue weighted by Gasteiger charge is -2.15. The first-order chi connectivity index (χ1) is 6.05. The van der Waals surface area contributed by atoms with Crippen LogP contribution in [0.25, 0.3) is 0 Å². The molecule has 2 atom stereocenters. The first kappa shape index (κ1) is 11.2. The summed E-state index contributed by atoms with van der Waals surface area (Å²) in [5.41, 5.74) is 0. The minimum absolute atomic E-state index is 0.0300. The summed E-state index contributed by atoms with van der Waals surface area (Å²) in [7, 11) is -3.21. The van der Waals surface area contributed by atoms with E-state index >= 15 is 0 Å². The van der Waals surface area contributed by atoms with Gasteiger partial charge in [0.1, 0.15) is 0 Å². The van der Waals surface area contributed by atoms with Gasteiger partial charge in [0.25, 0.3) is 0 Å². The third kappa shape index (κ3) is 3.42. The number of ether oxygens (including phenoxy) is 1. The van der Waals surface area contributed by atoms with Gasteiger partial charge in [0, 0.05) is 18.5 Å². The van der Waals surface area contributed by atoms with Crippen LogP contribution in [-0.2, 0) is 14.8 Å². The van der Waals surface area contributed by atoms with Gasteiger partial charge in [-0.15, -0.1) is 11.6 Å². The SMILES string of the molecule is CC1OCCC1NS(=O)(=O)CCCl. The maximum atomic E-state index is 11.3. The molecule has 1 saturated heterocycles. The largest absolute Gasteiger partial charge is 0.377 e. The summed E-state index contributed by atoms with van der Waals surface area (Å²) in [6, 6.07) is -0.0896. The molecule has 0 aromatic heterocycles. The summed E-state index contributed by atoms with van der Waals surface area (Å²) in [5, 5.41) is 0. The number of hydrogen-bond donors (Lipinski definition) is 1. The van der Waals surface area contributed by atoms with E-state index in [1.165, 1.54) is 0 Å². The monoisotopic (exact) mass is 227 g/mol. The molecule has 0 spiro atoms. The van der Waals surface area contributed by atoms with E-state index in [9.17, 15) is 8.42 Å². The van der Waals surface area contributed by atoms with E-state index in [-0.39, 0.29) is 23.8 Å². The summed E-state index contributed by atoms with van der Waals surface area (Å²) in [4.78, 5) is 0. The van der Waals surface area contributed by atoms with Crippen LogP contribution >= 0.6 is 11.6 Å². The zero-order valence-corrected chi connectivity index (χ0v) is 9.07. The first-order valence-corrected chi connectivity index (χ1v) is 6.41. The summed E-state index contributed by atoms with van der Waals surface area (Å²) < 4.78 is 30.4. The van der Waals surface area contributed by atoms with Crippen molar-refractivity contribution in [1.29, 1.82) is 0 Å². The topological polar surface area (TPSA) is 55.4 Å². The predicted molar refractivity (Wildman–Crippen MR) is 51.5 cm³/mol. The van der Waals surface area contributed by atoms with Crippen LogP contribution in [0.15, 0.2) is 0 Å². The molecule has 13 heavy (non-hydrogen) atoms. The Bertz CT molecular complexity index is 254. The van der Waals surface area contributed by atoms with Gasteiger partial charge < -0.3 is 4.74 Å². The van der Waals surface area contributed by atoms with E-state index in [4.69, 9.17) is 16.3 Å². The number of hydrogen-bond acceptors (Lipinski definition) is 3. The number of halogens is 1. The second kappa shape index (κ2) is 4.59. The molecule has 0 amide bonds. The second-order valence-electron chi connectivity index (χ2n) is 3.10. The Labute approximate surface area is 83.7 Å². The fourth-order valence-electron chi connectivity index (χ4n) is 1.28. The summed E-state index contributed by atoms with van der Waals surface area (Å²) in [6.45, 7) is 2.48. The van der Waals surface area contributed by atoms with Crippen molar-refractivity contribution in [3.63, 3.8) is 0 Å². The molecule has 0 aliphatic carbocycles. The van der Waals surface area contributed by atoms with E-state index in [1.54, 1.807) is 0 Å². The molecule has 1 aliphatic rings. The van der Waals surface area contributed by atoms with Gasteiger partial charge in [-0.2, -0.15) is 0 Å². The quantitative estimate of drug-likeness (QED) is 0.704. The van der Waals surface area contributed by atoms with E-state index in [1.807, 2.05) is 6.92 Å². The Morgan fingerprint density at radius 3 is 2.77 bits per heavy atom. The number of sulfonamides is 1. The zero-order valence-electron chi connectivity index (χ0n) is 7.49. The van der Waals surface area contributed by atoms with E-state index in [2.05, 4.69) is 4.72 Å². The molecule has 1 rings (SSSR count). The fraction of sp³-hybridized carbons (Fsp3) is 1.00. The highest BCUT2D eigenvalue weighted by molar-refractivity contribution is 7.89. The van der Waals surface area contributed by atoms with Crippen molar-refractivity contribution in [3.05, 3.63) is 0 Å². The molecule has 78 valence electrons. The van der Waals surface area contributed by atoms with Gasteiger partial charge in [0.2, 0.25) is 10.0 Å². The molecule has 0 saturated carbocycles. The number of alkyl halides is 1. The Kier molecular flexibility index (Phi) is 3.97. The van der Waals surface area contributed by atoms with Crippen molar-refractivity contribution in [2.24, 2.45) is 0 Å². The molecule has 0 radical (unpaired) electrons. The van der Waals surface area contributed by atoms with E-state index in [0.717, 1.165) is 6.42 Å². The third-order valence-electron chi connectivity index (χ3n) is 2.05. The molecule has 2 unspecified atom stereocenters. The molecule has 1 N–H and O–H groups in total. The van der Waals surface area contributed by atoms with Crippen LogP contribution < -0.4 is 4.72 Å². The van der Waals surface area contributed by atoms with Gasteiger partial charge in [0.05, 0.1) is 11.9 Å². The summed E-state index contributed by atoms with van der Waals surface area (Å²) in [6.07, 6.45) is 0.702. The van der Waals surface area contributed by atoms with Crippen molar-refractivity contribution >= 4 is 21.6 Å². The highest BCUT2D eigenvalue weighted by Crippen LogP contribution is 2.13. The van der Waals surface area contributed by atoms with Gasteiger partial charge in [-0.1, -0.05) is 0 Å². The molecule has 1 aliphatic heterocycles. The number of nitrogens with one attached hydrogen (secondary N) is 1. The average molecular weight is 228 g/mol. The molecule has 1 fully saturated rings. The Balaban J connectivity index is 2.47. The van der Waals surface area contributed by atoms with Crippen LogP contribution in [-0.4, -0.2) is 38.8 Å². The van der Waals surface area contributed by atoms with E-state index in [0.29, 0.717) is 6.61 Å². The third-order valence-corrected chi connectivity index (χ3v) is 3.87. The molecule has 6 heteroatoms. The van der Waals surface area contributed by atoms with Crippen LogP contribution in [0.4, 0.5) is 0 Å². The molecular weight excluding hydrogens is 214 g/mol. The molecule has 1 heterocycles. The van der Waals surface area contributed by atoms with Gasteiger partial charge in [-0.3, -0.25) is 0 Å². The molecule has 0 bridgehead atoms. The van der Waals surface area contributed by atoms with Gasteiger partial charge in [0.15, 0.2) is 0 Å². The van der Waals surface area contributed by atoms with Crippen molar-refractivity contribution in [2.45, 2.75) is 25.5 Å². The lowest BCUT2D eigenvalue weighted by atomic mass is 10.2. The van der Waals surface area contributed by atoms with Crippen LogP contribution in [0.2, 0.25) is 0 Å². The lowest BCUT2D eigenvalue weighted by Crippen LogP contribution is -2.40. The molecule has 0 aromatic carbocycles. The van der Waals surface area contributed by atoms with Gasteiger partial charge in [-0.05, 0) is 13.3 Å². The van der Waals surface area contributed by atoms with Crippen molar-refractivity contribution in [3.8, 4) is 0 Å². The molecule has 4 nitrogen and oxygen atoms in total. The standard InChI is InChI=1S/C7H14ClNO3S/c1-6-7(2-4-12-6)9-13(10,11)5-3-8/h6-7,9H,2-5H2,1H3. The Morgan fingerprint density at radius 1 is 1.62 bits per heavy atom. The first-order valence-electron chi connectivity index (χ1n) is 4.23. The average Bonchev–Trinajstić information content (AvgIpc) is 2.35. The van der Waals surface area contributed by atoms with Crippen LogP contribution in [0, 0.1) is 0 Å². The van der Waals surface area contributed by atoms with Crippen LogP contribution in [0.5, 0.6) is 0 Å². The van der Waals surface area contributed by atoms with Crippen LogP contribution in [0.3, 0.4) is 0 Å². The van der Waals surface area contributed by atoms with Crippen molar-refractivity contribution in [1.82, 2.24) is 4.72 Å². The minimum Gasteiger partial charge on any atom is -0.377 e. The second-order valence-corrected chi connectivity index (χ2v) is 5.35. The lowest BCUT2D eigenvalue weighted by molar-refractivity contribution is 0.117. The van der Waals surface area contributed by atoms with Crippen LogP contribution in [0.1, 0.15) is 13.3 Å². The highest BCUT2D eigenvalue weighted by atomic mass is 35.5. The Hall–Kier alpha value is 0.160. The summed E-state index contributed by atoms with van der Waals surface area (Å²) >= 11 is 5.36. The summed E-state index contributed by atoms with van der Waals surface area (Å²) in [5.74, 6) is 0.0923. The maximum absolute atomic E-state index is 11.3. The smallest absolute Gasteiger partial charge is 0.213 e. The van der Waals surface area contributed by atoms with Crippen molar-refractivity contribution < 1.29 is 13.2 Å². The maximum Gasteiger partial charge on any atom is 0.213 e.